The summed E-state index contributed by atoms with van der Waals surface area (Å²) in [6.45, 7) is 1.97. The molecule has 3 aliphatic heterocycles. The van der Waals surface area contributed by atoms with E-state index in [-0.39, 0.29) is 10.5 Å². The molecule has 1 spiro atoms. The second-order valence-electron chi connectivity index (χ2n) is 16.9. The molecule has 2 aromatic rings. The van der Waals surface area contributed by atoms with Crippen LogP contribution in [0.3, 0.4) is 0 Å². The van der Waals surface area contributed by atoms with Gasteiger partial charge in [-0.3, -0.25) is 38.4 Å². The monoisotopic (exact) mass is 1110 g/mol. The average molecular weight is 1110 g/mol. The van der Waals surface area contributed by atoms with Crippen LogP contribution < -0.4 is 16.0 Å². The first-order valence-electron chi connectivity index (χ1n) is 22.5. The number of alkyl halides is 6. The van der Waals surface area contributed by atoms with Gasteiger partial charge in [0, 0.05) is 52.5 Å². The van der Waals surface area contributed by atoms with E-state index in [0.717, 1.165) is 41.7 Å². The number of benzene rings is 2. The fourth-order valence-electron chi connectivity index (χ4n) is 8.32. The van der Waals surface area contributed by atoms with Crippen LogP contribution in [0, 0.1) is 0 Å². The first kappa shape index (κ1) is 59.8. The summed E-state index contributed by atoms with van der Waals surface area (Å²) in [5.74, 6) is -18.7. The first-order chi connectivity index (χ1) is 35.5. The smallest absolute Gasteiger partial charge is 0.466 e. The Labute approximate surface area is 430 Å². The zero-order chi connectivity index (χ0) is 56.5. The summed E-state index contributed by atoms with van der Waals surface area (Å²) in [6, 6.07) is 9.65. The van der Waals surface area contributed by atoms with Gasteiger partial charge in [-0.25, -0.2) is 9.59 Å². The SMILES string of the molecule is COC(=O)[C@]1(Sc2ccccc2)C[C@H](OC(=O)c2ccccc2)[C@@H](NC(=O)C(F)(F)F)[C@H]([C@H](OC(C)=O)[C@H]2CNC(=O)C3(C[C@H](OC(C)=O)[C@@H](NC(=O)C(F)(F)F)[C@H]([C@H](OC(C)=O)[C@@H](COC(C)=O)OC(C)=O)O3)O2)O1. The molecule has 23 nitrogen and oxygen atoms in total. The van der Waals surface area contributed by atoms with Crippen molar-refractivity contribution < 1.29 is 122 Å². The molecule has 416 valence electrons. The molecule has 0 saturated carbocycles. The number of rotatable bonds is 17. The Morgan fingerprint density at radius 3 is 1.74 bits per heavy atom. The highest BCUT2D eigenvalue weighted by atomic mass is 32.2. The van der Waals surface area contributed by atoms with Crippen molar-refractivity contribution in [3.8, 4) is 0 Å². The number of carbonyl (C=O) groups is 10. The van der Waals surface area contributed by atoms with Gasteiger partial charge in [0.15, 0.2) is 18.3 Å². The van der Waals surface area contributed by atoms with Gasteiger partial charge in [-0.05, 0) is 24.3 Å². The van der Waals surface area contributed by atoms with Gasteiger partial charge in [0.25, 0.3) is 11.7 Å². The molecule has 12 atom stereocenters. The largest absolute Gasteiger partial charge is 0.471 e. The van der Waals surface area contributed by atoms with Crippen LogP contribution in [0.5, 0.6) is 0 Å². The number of nitrogens with one attached hydrogen (secondary N) is 3. The number of morpholine rings is 1. The summed E-state index contributed by atoms with van der Waals surface area (Å²) < 4.78 is 142. The normalized spacial score (nSPS) is 26.6. The van der Waals surface area contributed by atoms with Crippen LogP contribution in [0.4, 0.5) is 26.3 Å². The molecule has 3 fully saturated rings. The zero-order valence-corrected chi connectivity index (χ0v) is 41.5. The van der Waals surface area contributed by atoms with Crippen LogP contribution in [0.2, 0.25) is 0 Å². The van der Waals surface area contributed by atoms with Gasteiger partial charge in [0.2, 0.25) is 4.93 Å². The predicted molar refractivity (Wildman–Crippen MR) is 237 cm³/mol. The second kappa shape index (κ2) is 24.7. The molecule has 2 aromatic carbocycles. The molecule has 76 heavy (non-hydrogen) atoms. The van der Waals surface area contributed by atoms with Gasteiger partial charge in [0.1, 0.15) is 37.1 Å². The lowest BCUT2D eigenvalue weighted by Gasteiger charge is -2.53. The Balaban J connectivity index is 1.77. The number of ether oxygens (including phenoxy) is 10. The number of hydrogen-bond donors (Lipinski definition) is 3. The summed E-state index contributed by atoms with van der Waals surface area (Å²) in [7, 11) is 0.895. The maximum atomic E-state index is 14.4. The third kappa shape index (κ3) is 15.1. The van der Waals surface area contributed by atoms with E-state index in [0.29, 0.717) is 11.8 Å². The number of esters is 7. The predicted octanol–water partition coefficient (Wildman–Crippen LogP) is 2.05. The summed E-state index contributed by atoms with van der Waals surface area (Å²) in [6.07, 6.45) is -31.7. The van der Waals surface area contributed by atoms with Crippen molar-refractivity contribution in [2.24, 2.45) is 0 Å². The van der Waals surface area contributed by atoms with Crippen LogP contribution in [0.25, 0.3) is 0 Å². The minimum atomic E-state index is -5.71. The Hall–Kier alpha value is -7.05. The molecular formula is C46H49F6N3O20S. The van der Waals surface area contributed by atoms with Crippen molar-refractivity contribution in [1.29, 1.82) is 0 Å². The van der Waals surface area contributed by atoms with Crippen molar-refractivity contribution in [1.82, 2.24) is 16.0 Å². The number of thioether (sulfide) groups is 1. The summed E-state index contributed by atoms with van der Waals surface area (Å²) >= 11 is 0.569. The fourth-order valence-corrected chi connectivity index (χ4v) is 9.57. The minimum Gasteiger partial charge on any atom is -0.466 e. The van der Waals surface area contributed by atoms with Gasteiger partial charge in [0.05, 0.1) is 31.2 Å². The summed E-state index contributed by atoms with van der Waals surface area (Å²) in [5, 5.41) is 5.57. The highest BCUT2D eigenvalue weighted by Gasteiger charge is 2.65. The molecule has 3 amide bonds. The molecule has 3 N–H and O–H groups in total. The fraction of sp³-hybridized carbons (Fsp3) is 0.522. The van der Waals surface area contributed by atoms with Crippen molar-refractivity contribution >= 4 is 71.3 Å². The van der Waals surface area contributed by atoms with Crippen molar-refractivity contribution in [2.45, 2.75) is 136 Å². The van der Waals surface area contributed by atoms with Crippen LogP contribution in [-0.2, 0) is 90.5 Å². The number of carbonyl (C=O) groups excluding carboxylic acids is 10. The average Bonchev–Trinajstić information content (AvgIpc) is 3.33. The van der Waals surface area contributed by atoms with E-state index in [9.17, 15) is 74.3 Å². The van der Waals surface area contributed by atoms with Crippen molar-refractivity contribution in [3.63, 3.8) is 0 Å². The van der Waals surface area contributed by atoms with Gasteiger partial charge in [-0.1, -0.05) is 48.2 Å². The molecule has 0 bridgehead atoms. The first-order valence-corrected chi connectivity index (χ1v) is 23.3. The molecule has 30 heteroatoms. The quantitative estimate of drug-likeness (QED) is 0.116. The van der Waals surface area contributed by atoms with E-state index >= 15 is 0 Å². The molecule has 1 unspecified atom stereocenters. The number of halogens is 6. The van der Waals surface area contributed by atoms with Gasteiger partial charge in [-0.2, -0.15) is 26.3 Å². The Morgan fingerprint density at radius 2 is 1.22 bits per heavy atom. The number of hydrogen-bond acceptors (Lipinski definition) is 21. The highest BCUT2D eigenvalue weighted by Crippen LogP contribution is 2.47. The van der Waals surface area contributed by atoms with E-state index in [1.165, 1.54) is 54.6 Å². The molecule has 3 heterocycles. The van der Waals surface area contributed by atoms with Crippen LogP contribution in [-0.4, -0.2) is 164 Å². The van der Waals surface area contributed by atoms with Gasteiger partial charge < -0.3 is 63.3 Å². The number of amides is 3. The van der Waals surface area contributed by atoms with E-state index in [1.54, 1.807) is 16.7 Å². The number of methoxy groups -OCH3 is 1. The minimum absolute atomic E-state index is 0.186. The Morgan fingerprint density at radius 1 is 0.684 bits per heavy atom. The van der Waals surface area contributed by atoms with Gasteiger partial charge in [-0.15, -0.1) is 0 Å². The maximum Gasteiger partial charge on any atom is 0.471 e. The third-order valence-electron chi connectivity index (χ3n) is 11.2. The lowest BCUT2D eigenvalue weighted by molar-refractivity contribution is -0.335. The van der Waals surface area contributed by atoms with Crippen LogP contribution in [0.15, 0.2) is 65.6 Å². The molecule has 0 aromatic heterocycles. The molecule has 0 aliphatic carbocycles. The topological polar surface area (TPSA) is 299 Å². The zero-order valence-electron chi connectivity index (χ0n) is 40.7. The molecule has 3 saturated heterocycles. The van der Waals surface area contributed by atoms with Crippen molar-refractivity contribution in [3.05, 3.63) is 66.2 Å². The third-order valence-corrected chi connectivity index (χ3v) is 12.5. The van der Waals surface area contributed by atoms with E-state index in [4.69, 9.17) is 47.4 Å². The standard InChI is InChI=1S/C46H49F6N3O20S/c1-21(56)67-20-31(69-23(3)58)35(71-25(5)60)36-32(54-40(63)45(47,48)49)28(68-22(2)57)17-43(74-36)39(62)53-19-30(73-43)34(70-24(4)59)37-33(55-41(64)46(50,51)52)29(72-38(61)26-13-9-7-10-14-26)18-44(75-37,42(65)66-6)76-27-15-11-8-12-16-27/h7-16,28-37H,17-20H2,1-6H3,(H,53,62)(H,54,63)(H,55,64)/t28-,29-,30+,31+,32+,33+,34+,35+,36+,37+,43?,44+/m0/s1. The lowest BCUT2D eigenvalue weighted by Crippen LogP contribution is -2.75. The molecule has 0 radical (unpaired) electrons. The summed E-state index contributed by atoms with van der Waals surface area (Å²) in [4.78, 5) is 129. The Bertz CT molecular complexity index is 2510. The van der Waals surface area contributed by atoms with E-state index in [2.05, 4.69) is 5.32 Å². The van der Waals surface area contributed by atoms with Gasteiger partial charge >= 0.3 is 66.0 Å². The lowest BCUT2D eigenvalue weighted by atomic mass is 9.86. The molecular weight excluding hydrogens is 1060 g/mol. The summed E-state index contributed by atoms with van der Waals surface area (Å²) in [5.41, 5.74) is -0.186. The Kier molecular flexibility index (Phi) is 19.5. The second-order valence-corrected chi connectivity index (χ2v) is 18.2. The van der Waals surface area contributed by atoms with Crippen LogP contribution >= 0.6 is 11.8 Å². The molecule has 3 aliphatic rings. The van der Waals surface area contributed by atoms with E-state index < -0.39 is 169 Å². The molecule has 5 rings (SSSR count). The maximum absolute atomic E-state index is 14.4. The van der Waals surface area contributed by atoms with E-state index in [1.807, 2.05) is 0 Å². The van der Waals surface area contributed by atoms with Crippen molar-refractivity contribution in [2.75, 3.05) is 20.3 Å². The van der Waals surface area contributed by atoms with Crippen LogP contribution in [0.1, 0.15) is 57.8 Å². The highest BCUT2D eigenvalue weighted by molar-refractivity contribution is 8.01.